The molecular formula is C10H13ClN4O3. The van der Waals surface area contributed by atoms with E-state index in [1.807, 2.05) is 0 Å². The van der Waals surface area contributed by atoms with Gasteiger partial charge in [0.15, 0.2) is 0 Å². The highest BCUT2D eigenvalue weighted by molar-refractivity contribution is 6.31. The zero-order chi connectivity index (χ0) is 15.6. The molecule has 1 fully saturated rings. The fraction of sp³-hybridized carbons (Fsp3) is 0.500. The molecule has 1 aliphatic heterocycles. The van der Waals surface area contributed by atoms with E-state index < -0.39 is 13.1 Å². The van der Waals surface area contributed by atoms with Crippen molar-refractivity contribution in [2.75, 3.05) is 25.4 Å². The molecule has 2 heterocycles. The quantitative estimate of drug-likeness (QED) is 0.865. The number of ether oxygens (including phenoxy) is 1. The first-order valence-corrected chi connectivity index (χ1v) is 5.58. The van der Waals surface area contributed by atoms with Gasteiger partial charge in [0.05, 0.1) is 17.3 Å². The predicted octanol–water partition coefficient (Wildman–Crippen LogP) is 1.30. The molecule has 7 nitrogen and oxygen atoms in total. The van der Waals surface area contributed by atoms with Crippen molar-refractivity contribution in [1.82, 2.24) is 14.9 Å². The highest BCUT2D eigenvalue weighted by atomic mass is 35.5. The van der Waals surface area contributed by atoms with Crippen molar-refractivity contribution in [3.63, 3.8) is 0 Å². The van der Waals surface area contributed by atoms with Gasteiger partial charge >= 0.3 is 6.09 Å². The van der Waals surface area contributed by atoms with Crippen molar-refractivity contribution >= 4 is 23.6 Å². The van der Waals surface area contributed by atoms with E-state index in [0.717, 1.165) is 0 Å². The number of hydrogen-bond donors (Lipinski definition) is 2. The van der Waals surface area contributed by atoms with E-state index in [2.05, 4.69) is 20.0 Å². The molecule has 0 unspecified atom stereocenters. The third kappa shape index (κ3) is 2.73. The van der Waals surface area contributed by atoms with Gasteiger partial charge in [-0.15, -0.1) is 0 Å². The van der Waals surface area contributed by atoms with Crippen LogP contribution in [0, 0.1) is 0 Å². The maximum Gasteiger partial charge on any atom is 0.407 e. The fourth-order valence-corrected chi connectivity index (χ4v) is 1.86. The van der Waals surface area contributed by atoms with Gasteiger partial charge in [0, 0.05) is 19.1 Å². The zero-order valence-corrected chi connectivity index (χ0v) is 10.0. The standard InChI is InChI=1S/C10H13ClN4O3/c1-18-8-7(11)4-12-9(14-8)13-6-2-3-15(5-6)10(16)17/h4,6H,2-3,5H2,1H3,(H,16,17)(H,12,13,14)/t6-/m1/s1/i1D3. The number of hydrogen-bond acceptors (Lipinski definition) is 5. The van der Waals surface area contributed by atoms with Crippen LogP contribution in [-0.4, -0.2) is 52.2 Å². The van der Waals surface area contributed by atoms with Gasteiger partial charge in [-0.25, -0.2) is 9.78 Å². The molecule has 1 atom stereocenters. The second kappa shape index (κ2) is 5.26. The lowest BCUT2D eigenvalue weighted by Crippen LogP contribution is -2.30. The van der Waals surface area contributed by atoms with E-state index >= 15 is 0 Å². The molecule has 0 aliphatic carbocycles. The third-order valence-corrected chi connectivity index (χ3v) is 2.86. The van der Waals surface area contributed by atoms with Crippen LogP contribution in [0.4, 0.5) is 10.7 Å². The van der Waals surface area contributed by atoms with E-state index in [9.17, 15) is 4.79 Å². The Hall–Kier alpha value is -1.76. The molecule has 0 aromatic carbocycles. The molecule has 1 saturated heterocycles. The van der Waals surface area contributed by atoms with E-state index in [1.165, 1.54) is 11.1 Å². The number of likely N-dealkylation sites (tertiary alicyclic amines) is 1. The molecule has 1 aliphatic rings. The summed E-state index contributed by atoms with van der Waals surface area (Å²) in [6.07, 6.45) is 0.845. The minimum atomic E-state index is -2.66. The van der Waals surface area contributed by atoms with Crippen LogP contribution < -0.4 is 10.1 Å². The average molecular weight is 276 g/mol. The molecule has 8 heteroatoms. The highest BCUT2D eigenvalue weighted by Crippen LogP contribution is 2.22. The summed E-state index contributed by atoms with van der Waals surface area (Å²) < 4.78 is 25.8. The molecule has 98 valence electrons. The van der Waals surface area contributed by atoms with Crippen LogP contribution in [0.2, 0.25) is 5.02 Å². The largest absolute Gasteiger partial charge is 0.480 e. The lowest BCUT2D eigenvalue weighted by molar-refractivity contribution is 0.155. The summed E-state index contributed by atoms with van der Waals surface area (Å²) in [5.41, 5.74) is 0. The minimum absolute atomic E-state index is 0.0183. The first-order valence-electron chi connectivity index (χ1n) is 6.70. The van der Waals surface area contributed by atoms with Gasteiger partial charge in [0.25, 0.3) is 0 Å². The smallest absolute Gasteiger partial charge is 0.407 e. The van der Waals surface area contributed by atoms with Gasteiger partial charge in [-0.3, -0.25) is 0 Å². The van der Waals surface area contributed by atoms with Gasteiger partial charge in [0.1, 0.15) is 5.02 Å². The Morgan fingerprint density at radius 2 is 2.67 bits per heavy atom. The summed E-state index contributed by atoms with van der Waals surface area (Å²) in [6, 6.07) is -0.150. The Labute approximate surface area is 113 Å². The first kappa shape index (κ1) is 9.21. The molecule has 0 saturated carbocycles. The summed E-state index contributed by atoms with van der Waals surface area (Å²) >= 11 is 5.77. The van der Waals surface area contributed by atoms with Crippen molar-refractivity contribution in [3.05, 3.63) is 11.2 Å². The number of carboxylic acid groups (broad SMARTS) is 1. The lowest BCUT2D eigenvalue weighted by atomic mass is 10.3. The Morgan fingerprint density at radius 1 is 1.83 bits per heavy atom. The Morgan fingerprint density at radius 3 is 3.33 bits per heavy atom. The summed E-state index contributed by atoms with van der Waals surface area (Å²) in [7, 11) is -2.66. The van der Waals surface area contributed by atoms with Crippen molar-refractivity contribution in [2.24, 2.45) is 0 Å². The molecule has 1 aromatic rings. The normalized spacial score (nSPS) is 21.9. The van der Waals surface area contributed by atoms with Gasteiger partial charge in [-0.1, -0.05) is 11.6 Å². The second-order valence-corrected chi connectivity index (χ2v) is 4.21. The van der Waals surface area contributed by atoms with Gasteiger partial charge in [-0.2, -0.15) is 4.98 Å². The van der Waals surface area contributed by atoms with E-state index in [0.29, 0.717) is 19.5 Å². The topological polar surface area (TPSA) is 87.6 Å². The zero-order valence-electron chi connectivity index (χ0n) is 12.3. The first-order chi connectivity index (χ1) is 9.74. The SMILES string of the molecule is [2H]C([2H])([2H])Oc1nc(N[C@@H]2CCN(C(=O)O)C2)ncc1Cl. The Balaban J connectivity index is 2.04. The van der Waals surface area contributed by atoms with Crippen LogP contribution in [0.5, 0.6) is 5.88 Å². The second-order valence-electron chi connectivity index (χ2n) is 3.81. The molecule has 18 heavy (non-hydrogen) atoms. The van der Waals surface area contributed by atoms with Crippen molar-refractivity contribution in [1.29, 1.82) is 0 Å². The summed E-state index contributed by atoms with van der Waals surface area (Å²) in [4.78, 5) is 19.9. The van der Waals surface area contributed by atoms with Crippen LogP contribution >= 0.6 is 11.6 Å². The van der Waals surface area contributed by atoms with Gasteiger partial charge < -0.3 is 20.1 Å². The van der Waals surface area contributed by atoms with E-state index in [-0.39, 0.29) is 22.9 Å². The van der Waals surface area contributed by atoms with E-state index in [4.69, 9.17) is 20.8 Å². The predicted molar refractivity (Wildman–Crippen MR) is 65.2 cm³/mol. The number of methoxy groups -OCH3 is 1. The van der Waals surface area contributed by atoms with Crippen LogP contribution in [-0.2, 0) is 0 Å². The average Bonchev–Trinajstić information content (AvgIpc) is 2.80. The molecule has 1 amide bonds. The Bertz CT molecular complexity index is 543. The van der Waals surface area contributed by atoms with Crippen LogP contribution in [0.25, 0.3) is 0 Å². The number of halogens is 1. The minimum Gasteiger partial charge on any atom is -0.480 e. The summed E-state index contributed by atoms with van der Waals surface area (Å²) in [6.45, 7) is 0.718. The molecule has 0 bridgehead atoms. The maximum atomic E-state index is 10.8. The van der Waals surface area contributed by atoms with Crippen LogP contribution in [0.3, 0.4) is 0 Å². The molecule has 0 radical (unpaired) electrons. The number of nitrogens with zero attached hydrogens (tertiary/aromatic N) is 3. The number of amides is 1. The van der Waals surface area contributed by atoms with E-state index in [1.54, 1.807) is 0 Å². The fourth-order valence-electron chi connectivity index (χ4n) is 1.73. The van der Waals surface area contributed by atoms with Crippen molar-refractivity contribution in [2.45, 2.75) is 12.5 Å². The number of anilines is 1. The number of rotatable bonds is 3. The number of nitrogens with one attached hydrogen (secondary N) is 1. The van der Waals surface area contributed by atoms with Crippen molar-refractivity contribution < 1.29 is 18.8 Å². The van der Waals surface area contributed by atoms with Crippen molar-refractivity contribution in [3.8, 4) is 5.88 Å². The number of aromatic nitrogens is 2. The molecule has 2 N–H and O–H groups in total. The molecule has 2 rings (SSSR count). The van der Waals surface area contributed by atoms with Gasteiger partial charge in [0.2, 0.25) is 11.8 Å². The molecular weight excluding hydrogens is 260 g/mol. The highest BCUT2D eigenvalue weighted by Gasteiger charge is 2.26. The van der Waals surface area contributed by atoms with Crippen LogP contribution in [0.1, 0.15) is 10.5 Å². The maximum absolute atomic E-state index is 10.8. The van der Waals surface area contributed by atoms with Gasteiger partial charge in [-0.05, 0) is 6.42 Å². The molecule has 1 aromatic heterocycles. The lowest BCUT2D eigenvalue weighted by Gasteiger charge is -2.14. The monoisotopic (exact) mass is 275 g/mol. The van der Waals surface area contributed by atoms with Crippen LogP contribution in [0.15, 0.2) is 6.20 Å². The number of carbonyl (C=O) groups is 1. The summed E-state index contributed by atoms with van der Waals surface area (Å²) in [5, 5.41) is 11.8. The molecule has 0 spiro atoms. The Kier molecular flexibility index (Phi) is 2.69. The summed E-state index contributed by atoms with van der Waals surface area (Å²) in [5.74, 6) is -0.113. The third-order valence-electron chi connectivity index (χ3n) is 2.60.